The smallest absolute Gasteiger partial charge is 0.339 e. The van der Waals surface area contributed by atoms with E-state index in [0.29, 0.717) is 18.3 Å². The Balaban J connectivity index is 2.26. The second-order valence-electron chi connectivity index (χ2n) is 4.27. The summed E-state index contributed by atoms with van der Waals surface area (Å²) in [5, 5.41) is 10.1. The summed E-state index contributed by atoms with van der Waals surface area (Å²) in [5.41, 5.74) is 1.87. The SMILES string of the molecule is O=C(OCc1ccccc1)c1cc(I)c(O)c(C=NI)c1I. The molecule has 2 aromatic rings. The minimum absolute atomic E-state index is 0.116. The Morgan fingerprint density at radius 1 is 1.27 bits per heavy atom. The van der Waals surface area contributed by atoms with Crippen molar-refractivity contribution >= 4 is 80.2 Å². The maximum Gasteiger partial charge on any atom is 0.339 e. The number of esters is 1. The van der Waals surface area contributed by atoms with Crippen LogP contribution in [0.2, 0.25) is 0 Å². The molecule has 0 aliphatic rings. The Labute approximate surface area is 169 Å². The highest BCUT2D eigenvalue weighted by Crippen LogP contribution is 2.31. The lowest BCUT2D eigenvalue weighted by Gasteiger charge is -2.11. The fourth-order valence-corrected chi connectivity index (χ4v) is 3.40. The molecule has 0 heterocycles. The highest BCUT2D eigenvalue weighted by atomic mass is 127. The summed E-state index contributed by atoms with van der Waals surface area (Å²) in [5.74, 6) is -0.306. The normalized spacial score (nSPS) is 10.9. The van der Waals surface area contributed by atoms with Crippen molar-refractivity contribution in [3.63, 3.8) is 0 Å². The lowest BCUT2D eigenvalue weighted by atomic mass is 10.1. The molecule has 0 unspecified atom stereocenters. The number of aromatic hydroxyl groups is 1. The average Bonchev–Trinajstić information content (AvgIpc) is 2.53. The van der Waals surface area contributed by atoms with E-state index >= 15 is 0 Å². The molecular formula is C15H10I3NO3. The fourth-order valence-electron chi connectivity index (χ4n) is 1.75. The van der Waals surface area contributed by atoms with Crippen molar-refractivity contribution in [3.05, 3.63) is 60.2 Å². The molecule has 4 nitrogen and oxygen atoms in total. The first-order valence-electron chi connectivity index (χ1n) is 6.11. The van der Waals surface area contributed by atoms with E-state index in [0.717, 1.165) is 5.56 Å². The Morgan fingerprint density at radius 3 is 2.59 bits per heavy atom. The lowest BCUT2D eigenvalue weighted by Crippen LogP contribution is -2.09. The topological polar surface area (TPSA) is 58.9 Å². The van der Waals surface area contributed by atoms with Gasteiger partial charge in [0.25, 0.3) is 0 Å². The van der Waals surface area contributed by atoms with Gasteiger partial charge in [-0.1, -0.05) is 30.3 Å². The number of ether oxygens (including phenoxy) is 1. The molecule has 0 saturated carbocycles. The van der Waals surface area contributed by atoms with Crippen LogP contribution in [0.5, 0.6) is 5.75 Å². The zero-order valence-corrected chi connectivity index (χ0v) is 17.6. The average molecular weight is 633 g/mol. The van der Waals surface area contributed by atoms with E-state index in [1.807, 2.05) is 98.4 Å². The number of phenols is 1. The molecule has 0 spiro atoms. The summed E-state index contributed by atoms with van der Waals surface area (Å²) in [4.78, 5) is 12.3. The van der Waals surface area contributed by atoms with Crippen LogP contribution in [0.3, 0.4) is 0 Å². The number of rotatable bonds is 4. The van der Waals surface area contributed by atoms with E-state index in [4.69, 9.17) is 4.74 Å². The molecule has 1 N–H and O–H groups in total. The second kappa shape index (κ2) is 8.43. The standard InChI is InChI=1S/C15H10I3NO3/c16-12-6-10(13(17)11(7-19-18)14(12)20)15(21)22-8-9-4-2-1-3-5-9/h1-7,20H,8H2. The molecule has 7 heteroatoms. The highest BCUT2D eigenvalue weighted by Gasteiger charge is 2.19. The van der Waals surface area contributed by atoms with Gasteiger partial charge in [-0.25, -0.2) is 8.00 Å². The molecule has 2 rings (SSSR count). The van der Waals surface area contributed by atoms with Crippen LogP contribution >= 0.6 is 68.0 Å². The third-order valence-corrected chi connectivity index (χ3v) is 5.10. The first-order valence-corrected chi connectivity index (χ1v) is 9.23. The van der Waals surface area contributed by atoms with Gasteiger partial charge in [0.1, 0.15) is 12.4 Å². The molecule has 0 atom stereocenters. The first kappa shape index (κ1) is 17.9. The minimum Gasteiger partial charge on any atom is -0.506 e. The van der Waals surface area contributed by atoms with Crippen LogP contribution in [-0.2, 0) is 11.3 Å². The zero-order valence-electron chi connectivity index (χ0n) is 11.1. The van der Waals surface area contributed by atoms with Crippen LogP contribution in [-0.4, -0.2) is 17.3 Å². The zero-order chi connectivity index (χ0) is 16.1. The van der Waals surface area contributed by atoms with Crippen molar-refractivity contribution in [2.75, 3.05) is 0 Å². The molecule has 0 amide bonds. The molecule has 0 aromatic heterocycles. The van der Waals surface area contributed by atoms with Crippen LogP contribution in [0.4, 0.5) is 0 Å². The van der Waals surface area contributed by atoms with Gasteiger partial charge in [-0.05, 0) is 56.8 Å². The van der Waals surface area contributed by atoms with Gasteiger partial charge in [0, 0.05) is 9.78 Å². The van der Waals surface area contributed by atoms with Crippen molar-refractivity contribution < 1.29 is 14.6 Å². The van der Waals surface area contributed by atoms with E-state index < -0.39 is 5.97 Å². The van der Waals surface area contributed by atoms with Gasteiger partial charge in [0.15, 0.2) is 0 Å². The molecular weight excluding hydrogens is 623 g/mol. The van der Waals surface area contributed by atoms with E-state index in [1.54, 1.807) is 6.07 Å². The maximum absolute atomic E-state index is 12.3. The number of phenolic OH excluding ortho intramolecular Hbond substituents is 1. The van der Waals surface area contributed by atoms with Crippen molar-refractivity contribution in [3.8, 4) is 5.75 Å². The number of hydrogen-bond acceptors (Lipinski definition) is 4. The van der Waals surface area contributed by atoms with Gasteiger partial charge in [-0.3, -0.25) is 0 Å². The summed E-state index contributed by atoms with van der Waals surface area (Å²) < 4.78 is 10.4. The number of halogens is 3. The Morgan fingerprint density at radius 2 is 1.95 bits per heavy atom. The molecule has 0 saturated heterocycles. The van der Waals surface area contributed by atoms with E-state index in [2.05, 4.69) is 3.21 Å². The van der Waals surface area contributed by atoms with Crippen LogP contribution in [0, 0.1) is 7.14 Å². The molecule has 0 fully saturated rings. The molecule has 0 bridgehead atoms. The van der Waals surface area contributed by atoms with Crippen molar-refractivity contribution in [2.45, 2.75) is 6.61 Å². The quantitative estimate of drug-likeness (QED) is 0.302. The van der Waals surface area contributed by atoms with Crippen molar-refractivity contribution in [2.24, 2.45) is 3.21 Å². The molecule has 0 radical (unpaired) electrons. The van der Waals surface area contributed by atoms with Gasteiger partial charge < -0.3 is 9.84 Å². The van der Waals surface area contributed by atoms with Gasteiger partial charge >= 0.3 is 5.97 Å². The monoisotopic (exact) mass is 633 g/mol. The van der Waals surface area contributed by atoms with Crippen molar-refractivity contribution in [1.29, 1.82) is 0 Å². The molecule has 22 heavy (non-hydrogen) atoms. The summed E-state index contributed by atoms with van der Waals surface area (Å²) in [6.07, 6.45) is 1.52. The number of carbonyl (C=O) groups excluding carboxylic acids is 1. The van der Waals surface area contributed by atoms with Crippen LogP contribution < -0.4 is 0 Å². The number of benzene rings is 2. The van der Waals surface area contributed by atoms with E-state index in [1.165, 1.54) is 6.21 Å². The predicted molar refractivity (Wildman–Crippen MR) is 111 cm³/mol. The largest absolute Gasteiger partial charge is 0.506 e. The second-order valence-corrected chi connectivity index (χ2v) is 7.07. The molecule has 114 valence electrons. The van der Waals surface area contributed by atoms with Gasteiger partial charge in [-0.2, -0.15) is 0 Å². The highest BCUT2D eigenvalue weighted by molar-refractivity contribution is 14.1. The Hall–Kier alpha value is -0.430. The summed E-state index contributed by atoms with van der Waals surface area (Å²) >= 11 is 5.82. The third-order valence-electron chi connectivity index (χ3n) is 2.84. The van der Waals surface area contributed by atoms with Crippen LogP contribution in [0.15, 0.2) is 39.6 Å². The number of hydrogen-bond donors (Lipinski definition) is 1. The number of carbonyl (C=O) groups is 1. The van der Waals surface area contributed by atoms with E-state index in [-0.39, 0.29) is 12.4 Å². The van der Waals surface area contributed by atoms with Crippen LogP contribution in [0.1, 0.15) is 21.5 Å². The summed E-state index contributed by atoms with van der Waals surface area (Å²) in [6.45, 7) is 0.211. The summed E-state index contributed by atoms with van der Waals surface area (Å²) in [7, 11) is 0. The number of nitrogens with zero attached hydrogens (tertiary/aromatic N) is 1. The van der Waals surface area contributed by atoms with Gasteiger partial charge in [0.2, 0.25) is 0 Å². The molecule has 2 aromatic carbocycles. The lowest BCUT2D eigenvalue weighted by molar-refractivity contribution is 0.0471. The van der Waals surface area contributed by atoms with Gasteiger partial charge in [0.05, 0.1) is 37.6 Å². The van der Waals surface area contributed by atoms with Crippen molar-refractivity contribution in [1.82, 2.24) is 0 Å². The Kier molecular flexibility index (Phi) is 6.87. The predicted octanol–water partition coefficient (Wildman–Crippen LogP) is 4.73. The molecule has 0 aliphatic carbocycles. The summed E-state index contributed by atoms with van der Waals surface area (Å²) in [6, 6.07) is 11.1. The minimum atomic E-state index is -0.422. The van der Waals surface area contributed by atoms with Crippen LogP contribution in [0.25, 0.3) is 0 Å². The fraction of sp³-hybridized carbons (Fsp3) is 0.0667. The molecule has 0 aliphatic heterocycles. The first-order chi connectivity index (χ1) is 10.5. The van der Waals surface area contributed by atoms with E-state index in [9.17, 15) is 9.90 Å². The third kappa shape index (κ3) is 4.31. The van der Waals surface area contributed by atoms with Gasteiger partial charge in [-0.15, -0.1) is 0 Å². The maximum atomic E-state index is 12.3. The Bertz CT molecular complexity index is 718.